The van der Waals surface area contributed by atoms with Crippen LogP contribution >= 0.6 is 0 Å². The van der Waals surface area contributed by atoms with Crippen molar-refractivity contribution in [3.8, 4) is 0 Å². The second kappa shape index (κ2) is 4.61. The van der Waals surface area contributed by atoms with Gasteiger partial charge in [-0.05, 0) is 11.8 Å². The Morgan fingerprint density at radius 3 is 2.00 bits per heavy atom. The van der Waals surface area contributed by atoms with Crippen molar-refractivity contribution in [1.29, 1.82) is 0 Å². The van der Waals surface area contributed by atoms with Gasteiger partial charge in [0, 0.05) is 0 Å². The van der Waals surface area contributed by atoms with E-state index in [1.807, 2.05) is 20.8 Å². The summed E-state index contributed by atoms with van der Waals surface area (Å²) in [7, 11) is 0. The second-order valence-electron chi connectivity index (χ2n) is 2.82. The zero-order chi connectivity index (χ0) is 8.15. The van der Waals surface area contributed by atoms with Gasteiger partial charge in [0.2, 0.25) is 0 Å². The van der Waals surface area contributed by atoms with Crippen LogP contribution in [0, 0.1) is 11.8 Å². The van der Waals surface area contributed by atoms with E-state index >= 15 is 0 Å². The summed E-state index contributed by atoms with van der Waals surface area (Å²) < 4.78 is 27.0. The minimum atomic E-state index is -2.62. The molecule has 0 aliphatic heterocycles. The first-order valence-electron chi connectivity index (χ1n) is 3.43. The van der Waals surface area contributed by atoms with E-state index in [1.54, 1.807) is 0 Å². The molecule has 0 rings (SSSR count). The molecule has 62 valence electrons. The van der Waals surface area contributed by atoms with E-state index in [-0.39, 0.29) is 12.5 Å². The van der Waals surface area contributed by atoms with E-state index < -0.39 is 6.61 Å². The van der Waals surface area contributed by atoms with Crippen LogP contribution in [0.25, 0.3) is 0 Å². The van der Waals surface area contributed by atoms with Gasteiger partial charge < -0.3 is 4.74 Å². The molecule has 0 aromatic carbocycles. The Bertz CT molecular complexity index is 83.7. The third-order valence-corrected chi connectivity index (χ3v) is 1.62. The molecule has 0 N–H and O–H groups in total. The smallest absolute Gasteiger partial charge is 0.323 e. The molecule has 0 radical (unpaired) electrons. The molecule has 0 bridgehead atoms. The maximum absolute atomic E-state index is 11.4. The Kier molecular flexibility index (Phi) is 4.52. The van der Waals surface area contributed by atoms with Gasteiger partial charge in [0.15, 0.2) is 0 Å². The first-order valence-corrected chi connectivity index (χ1v) is 3.43. The SMILES string of the molecule is CC(C)C(C)COC(F)F. The standard InChI is InChI=1S/C7H14F2O/c1-5(2)6(3)4-10-7(8)9/h5-7H,4H2,1-3H3. The fourth-order valence-corrected chi connectivity index (χ4v) is 0.417. The fraction of sp³-hybridized carbons (Fsp3) is 1.00. The summed E-state index contributed by atoms with van der Waals surface area (Å²) >= 11 is 0. The van der Waals surface area contributed by atoms with Gasteiger partial charge in [0.25, 0.3) is 0 Å². The van der Waals surface area contributed by atoms with Crippen molar-refractivity contribution in [2.75, 3.05) is 6.61 Å². The summed E-state index contributed by atoms with van der Waals surface area (Å²) in [5.41, 5.74) is 0. The summed E-state index contributed by atoms with van der Waals surface area (Å²) in [5.74, 6) is 0.604. The number of halogens is 2. The molecular formula is C7H14F2O. The molecule has 0 heterocycles. The highest BCUT2D eigenvalue weighted by Crippen LogP contribution is 2.11. The minimum Gasteiger partial charge on any atom is -0.323 e. The van der Waals surface area contributed by atoms with E-state index in [0.29, 0.717) is 5.92 Å². The minimum absolute atomic E-state index is 0.148. The highest BCUT2D eigenvalue weighted by molar-refractivity contribution is 4.54. The number of rotatable bonds is 4. The largest absolute Gasteiger partial charge is 0.345 e. The molecule has 0 fully saturated rings. The Balaban J connectivity index is 3.30. The summed E-state index contributed by atoms with van der Waals surface area (Å²) in [5, 5.41) is 0. The Morgan fingerprint density at radius 1 is 1.20 bits per heavy atom. The number of alkyl halides is 2. The van der Waals surface area contributed by atoms with E-state index in [9.17, 15) is 8.78 Å². The van der Waals surface area contributed by atoms with Gasteiger partial charge in [-0.15, -0.1) is 0 Å². The van der Waals surface area contributed by atoms with Crippen LogP contribution in [0.5, 0.6) is 0 Å². The topological polar surface area (TPSA) is 9.23 Å². The van der Waals surface area contributed by atoms with Gasteiger partial charge in [-0.2, -0.15) is 8.78 Å². The molecule has 10 heavy (non-hydrogen) atoms. The average Bonchev–Trinajstić information content (AvgIpc) is 1.82. The highest BCUT2D eigenvalue weighted by atomic mass is 19.3. The van der Waals surface area contributed by atoms with Crippen molar-refractivity contribution < 1.29 is 13.5 Å². The van der Waals surface area contributed by atoms with Crippen LogP contribution in [0.4, 0.5) is 8.78 Å². The molecule has 1 atom stereocenters. The maximum atomic E-state index is 11.4. The van der Waals surface area contributed by atoms with Crippen LogP contribution in [-0.4, -0.2) is 13.2 Å². The molecular weight excluding hydrogens is 138 g/mol. The zero-order valence-corrected chi connectivity index (χ0v) is 6.60. The lowest BCUT2D eigenvalue weighted by atomic mass is 10.00. The molecule has 0 saturated carbocycles. The predicted molar refractivity (Wildman–Crippen MR) is 36.0 cm³/mol. The molecule has 1 unspecified atom stereocenters. The predicted octanol–water partition coefficient (Wildman–Crippen LogP) is 2.52. The molecule has 0 aromatic rings. The van der Waals surface area contributed by atoms with Gasteiger partial charge in [0.1, 0.15) is 0 Å². The number of hydrogen-bond donors (Lipinski definition) is 0. The lowest BCUT2D eigenvalue weighted by Gasteiger charge is -2.14. The van der Waals surface area contributed by atoms with Gasteiger partial charge in [-0.25, -0.2) is 0 Å². The van der Waals surface area contributed by atoms with Crippen LogP contribution in [-0.2, 0) is 4.74 Å². The van der Waals surface area contributed by atoms with Gasteiger partial charge in [-0.3, -0.25) is 0 Å². The van der Waals surface area contributed by atoms with E-state index in [1.165, 1.54) is 0 Å². The molecule has 0 saturated heterocycles. The van der Waals surface area contributed by atoms with Crippen molar-refractivity contribution >= 4 is 0 Å². The fourth-order valence-electron chi connectivity index (χ4n) is 0.417. The highest BCUT2D eigenvalue weighted by Gasteiger charge is 2.09. The van der Waals surface area contributed by atoms with E-state index in [4.69, 9.17) is 0 Å². The number of hydrogen-bond acceptors (Lipinski definition) is 1. The van der Waals surface area contributed by atoms with Gasteiger partial charge in [-0.1, -0.05) is 20.8 Å². The lowest BCUT2D eigenvalue weighted by Crippen LogP contribution is -2.14. The third-order valence-electron chi connectivity index (χ3n) is 1.62. The van der Waals surface area contributed by atoms with Crippen molar-refractivity contribution in [1.82, 2.24) is 0 Å². The average molecular weight is 152 g/mol. The van der Waals surface area contributed by atoms with Crippen LogP contribution < -0.4 is 0 Å². The van der Waals surface area contributed by atoms with E-state index in [0.717, 1.165) is 0 Å². The normalized spacial score (nSPS) is 14.7. The summed E-state index contributed by atoms with van der Waals surface area (Å²) in [6.45, 7) is 3.39. The van der Waals surface area contributed by atoms with Crippen LogP contribution in [0.1, 0.15) is 20.8 Å². The summed E-state index contributed by atoms with van der Waals surface area (Å²) in [4.78, 5) is 0. The van der Waals surface area contributed by atoms with Crippen LogP contribution in [0.2, 0.25) is 0 Å². The zero-order valence-electron chi connectivity index (χ0n) is 6.60. The molecule has 0 aliphatic rings. The molecule has 1 nitrogen and oxygen atoms in total. The van der Waals surface area contributed by atoms with Crippen molar-refractivity contribution in [3.05, 3.63) is 0 Å². The summed E-state index contributed by atoms with van der Waals surface area (Å²) in [6.07, 6.45) is 0. The first kappa shape index (κ1) is 9.82. The molecule has 0 aromatic heterocycles. The van der Waals surface area contributed by atoms with Crippen LogP contribution in [0.15, 0.2) is 0 Å². The lowest BCUT2D eigenvalue weighted by molar-refractivity contribution is -0.139. The monoisotopic (exact) mass is 152 g/mol. The molecule has 3 heteroatoms. The van der Waals surface area contributed by atoms with E-state index in [2.05, 4.69) is 4.74 Å². The Morgan fingerprint density at radius 2 is 1.70 bits per heavy atom. The quantitative estimate of drug-likeness (QED) is 0.601. The maximum Gasteiger partial charge on any atom is 0.345 e. The Hall–Kier alpha value is -0.180. The van der Waals surface area contributed by atoms with Gasteiger partial charge in [0.05, 0.1) is 6.61 Å². The van der Waals surface area contributed by atoms with Crippen molar-refractivity contribution in [2.45, 2.75) is 27.4 Å². The molecule has 0 spiro atoms. The van der Waals surface area contributed by atoms with Crippen molar-refractivity contribution in [2.24, 2.45) is 11.8 Å². The third kappa shape index (κ3) is 4.68. The molecule has 0 amide bonds. The Labute approximate surface area is 60.4 Å². The van der Waals surface area contributed by atoms with Gasteiger partial charge >= 0.3 is 6.61 Å². The first-order chi connectivity index (χ1) is 4.54. The van der Waals surface area contributed by atoms with Crippen LogP contribution in [0.3, 0.4) is 0 Å². The second-order valence-corrected chi connectivity index (χ2v) is 2.82. The number of ether oxygens (including phenoxy) is 1. The van der Waals surface area contributed by atoms with Crippen molar-refractivity contribution in [3.63, 3.8) is 0 Å². The molecule has 0 aliphatic carbocycles. The summed E-state index contributed by atoms with van der Waals surface area (Å²) in [6, 6.07) is 0.